The predicted molar refractivity (Wildman–Crippen MR) is 111 cm³/mol. The van der Waals surface area contributed by atoms with Gasteiger partial charge in [0.25, 0.3) is 5.56 Å². The lowest BCUT2D eigenvalue weighted by Crippen LogP contribution is -2.43. The average Bonchev–Trinajstić information content (AvgIpc) is 2.65. The van der Waals surface area contributed by atoms with Gasteiger partial charge in [-0.2, -0.15) is 0 Å². The Bertz CT molecular complexity index is 1050. The summed E-state index contributed by atoms with van der Waals surface area (Å²) < 4.78 is 6.94. The number of ether oxygens (including phenoxy) is 1. The zero-order valence-corrected chi connectivity index (χ0v) is 17.7. The van der Waals surface area contributed by atoms with E-state index in [1.165, 1.54) is 7.05 Å². The normalized spacial score (nSPS) is 11.0. The number of carbonyl (C=O) groups is 2. The van der Waals surface area contributed by atoms with Gasteiger partial charge in [-0.05, 0) is 18.1 Å². The quantitative estimate of drug-likeness (QED) is 0.519. The van der Waals surface area contributed by atoms with Gasteiger partial charge in [0.15, 0.2) is 6.61 Å². The highest BCUT2D eigenvalue weighted by Gasteiger charge is 2.23. The van der Waals surface area contributed by atoms with Crippen LogP contribution in [0.5, 0.6) is 0 Å². The van der Waals surface area contributed by atoms with Gasteiger partial charge >= 0.3 is 11.7 Å². The lowest BCUT2D eigenvalue weighted by molar-refractivity contribution is -0.141. The van der Waals surface area contributed by atoms with Gasteiger partial charge in [0.2, 0.25) is 5.78 Å². The SMILES string of the molecule is CC(C)Cn1c(N)c(C(=O)COC(=O)Cc2c(Cl)cccc2Cl)c(=O)n(C)c1=O. The number of aromatic nitrogens is 2. The van der Waals surface area contributed by atoms with E-state index in [0.29, 0.717) is 15.6 Å². The summed E-state index contributed by atoms with van der Waals surface area (Å²) in [5.74, 6) is -1.76. The molecule has 2 rings (SSSR count). The number of carbonyl (C=O) groups excluding carboxylic acids is 2. The van der Waals surface area contributed by atoms with E-state index in [9.17, 15) is 19.2 Å². The Labute approximate surface area is 176 Å². The Morgan fingerprint density at radius 3 is 2.31 bits per heavy atom. The first kappa shape index (κ1) is 22.7. The molecule has 1 aromatic carbocycles. The van der Waals surface area contributed by atoms with Crippen LogP contribution < -0.4 is 17.0 Å². The number of hydrogen-bond acceptors (Lipinski definition) is 6. The van der Waals surface area contributed by atoms with Crippen molar-refractivity contribution >= 4 is 40.8 Å². The number of halogens is 2. The summed E-state index contributed by atoms with van der Waals surface area (Å²) in [6, 6.07) is 4.78. The second-order valence-electron chi connectivity index (χ2n) is 6.87. The van der Waals surface area contributed by atoms with Crippen LogP contribution >= 0.6 is 23.2 Å². The number of esters is 1. The van der Waals surface area contributed by atoms with Crippen molar-refractivity contribution in [2.75, 3.05) is 12.3 Å². The van der Waals surface area contributed by atoms with E-state index in [1.54, 1.807) is 18.2 Å². The highest BCUT2D eigenvalue weighted by molar-refractivity contribution is 6.36. The van der Waals surface area contributed by atoms with Crippen LogP contribution in [-0.2, 0) is 29.5 Å². The third-order valence-corrected chi connectivity index (χ3v) is 4.87. The number of benzene rings is 1. The van der Waals surface area contributed by atoms with Crippen LogP contribution in [0, 0.1) is 5.92 Å². The largest absolute Gasteiger partial charge is 0.457 e. The average molecular weight is 442 g/mol. The zero-order chi connectivity index (χ0) is 21.9. The second-order valence-corrected chi connectivity index (χ2v) is 7.69. The molecular formula is C19H21Cl2N3O5. The number of anilines is 1. The molecule has 156 valence electrons. The monoisotopic (exact) mass is 441 g/mol. The Morgan fingerprint density at radius 2 is 1.76 bits per heavy atom. The Balaban J connectivity index is 2.23. The maximum atomic E-state index is 12.5. The first-order valence-electron chi connectivity index (χ1n) is 8.75. The van der Waals surface area contributed by atoms with Crippen LogP contribution in [0.3, 0.4) is 0 Å². The second kappa shape index (κ2) is 9.28. The summed E-state index contributed by atoms with van der Waals surface area (Å²) in [6.07, 6.45) is -0.244. The molecule has 0 radical (unpaired) electrons. The molecule has 0 atom stereocenters. The Morgan fingerprint density at radius 1 is 1.17 bits per heavy atom. The number of nitrogen functional groups attached to an aromatic ring is 1. The van der Waals surface area contributed by atoms with E-state index in [0.717, 1.165) is 9.13 Å². The van der Waals surface area contributed by atoms with Crippen LogP contribution in [0.4, 0.5) is 5.82 Å². The van der Waals surface area contributed by atoms with Crippen molar-refractivity contribution < 1.29 is 14.3 Å². The van der Waals surface area contributed by atoms with Gasteiger partial charge in [-0.3, -0.25) is 23.5 Å². The van der Waals surface area contributed by atoms with Gasteiger partial charge in [-0.1, -0.05) is 43.1 Å². The van der Waals surface area contributed by atoms with Crippen molar-refractivity contribution in [2.24, 2.45) is 13.0 Å². The molecule has 1 aromatic heterocycles. The summed E-state index contributed by atoms with van der Waals surface area (Å²) in [4.78, 5) is 49.3. The smallest absolute Gasteiger partial charge is 0.332 e. The lowest BCUT2D eigenvalue weighted by Gasteiger charge is -2.16. The molecule has 0 aliphatic rings. The molecule has 0 unspecified atom stereocenters. The Kier molecular flexibility index (Phi) is 7.26. The molecule has 8 nitrogen and oxygen atoms in total. The van der Waals surface area contributed by atoms with E-state index in [4.69, 9.17) is 33.7 Å². The van der Waals surface area contributed by atoms with E-state index in [-0.39, 0.29) is 24.7 Å². The van der Waals surface area contributed by atoms with Crippen LogP contribution in [0.25, 0.3) is 0 Å². The number of nitrogens with zero attached hydrogens (tertiary/aromatic N) is 2. The minimum atomic E-state index is -0.845. The molecule has 0 aliphatic heterocycles. The van der Waals surface area contributed by atoms with Gasteiger partial charge in [0.1, 0.15) is 11.4 Å². The minimum absolute atomic E-state index is 0.0497. The minimum Gasteiger partial charge on any atom is -0.457 e. The topological polar surface area (TPSA) is 113 Å². The maximum Gasteiger partial charge on any atom is 0.332 e. The van der Waals surface area contributed by atoms with E-state index >= 15 is 0 Å². The Hall–Kier alpha value is -2.58. The highest BCUT2D eigenvalue weighted by atomic mass is 35.5. The van der Waals surface area contributed by atoms with Gasteiger partial charge in [-0.15, -0.1) is 0 Å². The van der Waals surface area contributed by atoms with E-state index in [1.807, 2.05) is 13.8 Å². The molecule has 0 saturated heterocycles. The number of Topliss-reactive ketones (excluding diaryl/α,β-unsaturated/α-hetero) is 1. The van der Waals surface area contributed by atoms with Crippen molar-refractivity contribution in [3.63, 3.8) is 0 Å². The molecule has 2 aromatic rings. The van der Waals surface area contributed by atoms with E-state index < -0.39 is 35.2 Å². The van der Waals surface area contributed by atoms with Gasteiger partial charge in [0.05, 0.1) is 6.42 Å². The third kappa shape index (κ3) is 5.07. The summed E-state index contributed by atoms with van der Waals surface area (Å²) in [7, 11) is 1.25. The molecule has 29 heavy (non-hydrogen) atoms. The van der Waals surface area contributed by atoms with Crippen molar-refractivity contribution in [3.05, 3.63) is 60.2 Å². The fourth-order valence-corrected chi connectivity index (χ4v) is 3.23. The fraction of sp³-hybridized carbons (Fsp3) is 0.368. The van der Waals surface area contributed by atoms with Crippen molar-refractivity contribution in [2.45, 2.75) is 26.8 Å². The molecule has 0 aliphatic carbocycles. The van der Waals surface area contributed by atoms with Crippen LogP contribution in [0.15, 0.2) is 27.8 Å². The first-order valence-corrected chi connectivity index (χ1v) is 9.51. The molecule has 1 heterocycles. The summed E-state index contributed by atoms with van der Waals surface area (Å²) in [5.41, 5.74) is 4.44. The molecule has 0 saturated carbocycles. The summed E-state index contributed by atoms with van der Waals surface area (Å²) in [6.45, 7) is 3.24. The predicted octanol–water partition coefficient (Wildman–Crippen LogP) is 2.06. The third-order valence-electron chi connectivity index (χ3n) is 4.16. The molecule has 0 bridgehead atoms. The van der Waals surface area contributed by atoms with Crippen molar-refractivity contribution in [1.29, 1.82) is 0 Å². The maximum absolute atomic E-state index is 12.5. The molecule has 0 fully saturated rings. The molecule has 0 amide bonds. The standard InChI is InChI=1S/C19H21Cl2N3O5/c1-10(2)8-24-17(22)16(18(27)23(3)19(24)28)14(25)9-29-15(26)7-11-12(20)5-4-6-13(11)21/h4-6,10H,7-9,22H2,1-3H3. The number of rotatable bonds is 7. The van der Waals surface area contributed by atoms with Crippen molar-refractivity contribution in [1.82, 2.24) is 9.13 Å². The number of nitrogens with two attached hydrogens (primary N) is 1. The number of ketones is 1. The summed E-state index contributed by atoms with van der Waals surface area (Å²) in [5, 5.41) is 0.583. The number of hydrogen-bond donors (Lipinski definition) is 1. The van der Waals surface area contributed by atoms with Crippen LogP contribution in [-0.4, -0.2) is 27.5 Å². The van der Waals surface area contributed by atoms with Gasteiger partial charge in [0, 0.05) is 29.2 Å². The van der Waals surface area contributed by atoms with Crippen LogP contribution in [0.1, 0.15) is 29.8 Å². The summed E-state index contributed by atoms with van der Waals surface area (Å²) >= 11 is 12.0. The fourth-order valence-electron chi connectivity index (χ4n) is 2.70. The van der Waals surface area contributed by atoms with Crippen LogP contribution in [0.2, 0.25) is 10.0 Å². The lowest BCUT2D eigenvalue weighted by atomic mass is 10.1. The van der Waals surface area contributed by atoms with E-state index in [2.05, 4.69) is 0 Å². The molecule has 2 N–H and O–H groups in total. The molecule has 10 heteroatoms. The van der Waals surface area contributed by atoms with Gasteiger partial charge < -0.3 is 10.5 Å². The van der Waals surface area contributed by atoms with Crippen molar-refractivity contribution in [3.8, 4) is 0 Å². The first-order chi connectivity index (χ1) is 13.5. The zero-order valence-electron chi connectivity index (χ0n) is 16.2. The molecular weight excluding hydrogens is 421 g/mol. The van der Waals surface area contributed by atoms with Gasteiger partial charge in [-0.25, -0.2) is 4.79 Å². The highest BCUT2D eigenvalue weighted by Crippen LogP contribution is 2.24. The molecule has 0 spiro atoms.